The minimum atomic E-state index is -0.589. The smallest absolute Gasteiger partial charge is 0.150 e. The molecule has 0 amide bonds. The van der Waals surface area contributed by atoms with E-state index in [0.29, 0.717) is 16.8 Å². The summed E-state index contributed by atoms with van der Waals surface area (Å²) in [6.07, 6.45) is 4.22. The highest BCUT2D eigenvalue weighted by Gasteiger charge is 2.27. The fourth-order valence-corrected chi connectivity index (χ4v) is 4.06. The molecule has 3 aromatic rings. The number of hydrogen-bond acceptors (Lipinski definition) is 0. The predicted octanol–water partition coefficient (Wildman–Crippen LogP) is 6.55. The van der Waals surface area contributed by atoms with Gasteiger partial charge in [-0.3, -0.25) is 0 Å². The van der Waals surface area contributed by atoms with E-state index in [1.54, 1.807) is 12.1 Å². The van der Waals surface area contributed by atoms with Crippen LogP contribution in [0, 0.1) is 23.4 Å². The maximum atomic E-state index is 14.3. The van der Waals surface area contributed by atoms with Crippen molar-refractivity contribution in [2.24, 2.45) is 5.92 Å². The second kappa shape index (κ2) is 6.25. The van der Waals surface area contributed by atoms with Gasteiger partial charge in [0.05, 0.1) is 11.2 Å². The van der Waals surface area contributed by atoms with Gasteiger partial charge in [-0.25, -0.2) is 13.2 Å². The topological polar surface area (TPSA) is 15.8 Å². The van der Waals surface area contributed by atoms with Gasteiger partial charge in [-0.2, -0.15) is 0 Å². The number of rotatable bonds is 2. The van der Waals surface area contributed by atoms with Gasteiger partial charge in [-0.1, -0.05) is 19.8 Å². The van der Waals surface area contributed by atoms with E-state index < -0.39 is 11.6 Å². The van der Waals surface area contributed by atoms with Crippen LogP contribution < -0.4 is 0 Å². The Morgan fingerprint density at radius 3 is 2.24 bits per heavy atom. The molecule has 0 atom stereocenters. The summed E-state index contributed by atoms with van der Waals surface area (Å²) in [6.45, 7) is 2.24. The van der Waals surface area contributed by atoms with Gasteiger partial charge in [0.1, 0.15) is 17.5 Å². The van der Waals surface area contributed by atoms with E-state index in [9.17, 15) is 13.2 Å². The van der Waals surface area contributed by atoms with Crippen LogP contribution in [0.25, 0.3) is 22.2 Å². The van der Waals surface area contributed by atoms with Crippen LogP contribution in [0.15, 0.2) is 36.4 Å². The lowest BCUT2D eigenvalue weighted by molar-refractivity contribution is 0.349. The Hall–Kier alpha value is -2.23. The minimum Gasteiger partial charge on any atom is -0.352 e. The number of benzene rings is 2. The van der Waals surface area contributed by atoms with Crippen LogP contribution >= 0.6 is 0 Å². The van der Waals surface area contributed by atoms with Crippen LogP contribution in [0.1, 0.15) is 44.1 Å². The molecule has 25 heavy (non-hydrogen) atoms. The SMILES string of the molecule is CC1CCC(c2c(-c3ccc(F)cc3)[nH]c3c(F)cc(F)cc23)CC1. The molecule has 0 bridgehead atoms. The Labute approximate surface area is 144 Å². The van der Waals surface area contributed by atoms with Crippen LogP contribution in [0.4, 0.5) is 13.2 Å². The van der Waals surface area contributed by atoms with Crippen molar-refractivity contribution >= 4 is 10.9 Å². The van der Waals surface area contributed by atoms with E-state index >= 15 is 0 Å². The summed E-state index contributed by atoms with van der Waals surface area (Å²) in [7, 11) is 0. The van der Waals surface area contributed by atoms with Crippen molar-refractivity contribution < 1.29 is 13.2 Å². The summed E-state index contributed by atoms with van der Waals surface area (Å²) in [5, 5.41) is 0.608. The molecule has 0 radical (unpaired) electrons. The van der Waals surface area contributed by atoms with Crippen LogP contribution in [-0.4, -0.2) is 4.98 Å². The van der Waals surface area contributed by atoms with Crippen molar-refractivity contribution in [2.45, 2.75) is 38.5 Å². The van der Waals surface area contributed by atoms with Gasteiger partial charge < -0.3 is 4.98 Å². The van der Waals surface area contributed by atoms with Crippen molar-refractivity contribution in [3.63, 3.8) is 0 Å². The normalized spacial score (nSPS) is 21.0. The lowest BCUT2D eigenvalue weighted by Crippen LogP contribution is -2.11. The third-order valence-corrected chi connectivity index (χ3v) is 5.42. The fourth-order valence-electron chi connectivity index (χ4n) is 4.06. The molecule has 1 saturated carbocycles. The molecule has 1 aliphatic rings. The lowest BCUT2D eigenvalue weighted by Gasteiger charge is -2.27. The molecule has 0 aliphatic heterocycles. The quantitative estimate of drug-likeness (QED) is 0.543. The van der Waals surface area contributed by atoms with Gasteiger partial charge >= 0.3 is 0 Å². The average molecular weight is 343 g/mol. The molecule has 1 N–H and O–H groups in total. The first-order valence-electron chi connectivity index (χ1n) is 8.79. The summed E-state index contributed by atoms with van der Waals surface area (Å²) in [6, 6.07) is 8.47. The average Bonchev–Trinajstić information content (AvgIpc) is 2.96. The Morgan fingerprint density at radius 1 is 0.880 bits per heavy atom. The van der Waals surface area contributed by atoms with Crippen LogP contribution in [0.2, 0.25) is 0 Å². The number of aromatic nitrogens is 1. The second-order valence-corrected chi connectivity index (χ2v) is 7.19. The van der Waals surface area contributed by atoms with Gasteiger partial charge in [0.2, 0.25) is 0 Å². The summed E-state index contributed by atoms with van der Waals surface area (Å²) in [4.78, 5) is 3.14. The third-order valence-electron chi connectivity index (χ3n) is 5.42. The zero-order chi connectivity index (χ0) is 17.6. The molecule has 0 spiro atoms. The molecule has 1 fully saturated rings. The van der Waals surface area contributed by atoms with Crippen LogP contribution in [0.5, 0.6) is 0 Å². The van der Waals surface area contributed by atoms with Crippen molar-refractivity contribution in [3.05, 3.63) is 59.4 Å². The Kier molecular flexibility index (Phi) is 4.06. The maximum absolute atomic E-state index is 14.3. The molecule has 1 aromatic heterocycles. The highest BCUT2D eigenvalue weighted by molar-refractivity contribution is 5.92. The summed E-state index contributed by atoms with van der Waals surface area (Å²) < 4.78 is 41.5. The van der Waals surface area contributed by atoms with E-state index in [1.807, 2.05) is 0 Å². The highest BCUT2D eigenvalue weighted by atomic mass is 19.1. The first-order valence-corrected chi connectivity index (χ1v) is 8.79. The van der Waals surface area contributed by atoms with Crippen molar-refractivity contribution in [1.82, 2.24) is 4.98 Å². The summed E-state index contributed by atoms with van der Waals surface area (Å²) in [5.74, 6) is -0.533. The van der Waals surface area contributed by atoms with E-state index in [1.165, 1.54) is 18.2 Å². The maximum Gasteiger partial charge on any atom is 0.150 e. The predicted molar refractivity (Wildman–Crippen MR) is 94.0 cm³/mol. The van der Waals surface area contributed by atoms with Gasteiger partial charge in [0, 0.05) is 11.5 Å². The third kappa shape index (κ3) is 2.94. The highest BCUT2D eigenvalue weighted by Crippen LogP contribution is 2.44. The van der Waals surface area contributed by atoms with Gasteiger partial charge in [-0.05, 0) is 66.1 Å². The molecule has 4 heteroatoms. The van der Waals surface area contributed by atoms with Crippen molar-refractivity contribution in [3.8, 4) is 11.3 Å². The second-order valence-electron chi connectivity index (χ2n) is 7.19. The Morgan fingerprint density at radius 2 is 1.56 bits per heavy atom. The molecule has 1 nitrogen and oxygen atoms in total. The van der Waals surface area contributed by atoms with Gasteiger partial charge in [-0.15, -0.1) is 0 Å². The van der Waals surface area contributed by atoms with Gasteiger partial charge in [0.25, 0.3) is 0 Å². The minimum absolute atomic E-state index is 0.256. The lowest BCUT2D eigenvalue weighted by atomic mass is 9.78. The zero-order valence-corrected chi connectivity index (χ0v) is 14.1. The van der Waals surface area contributed by atoms with E-state index in [-0.39, 0.29) is 11.7 Å². The number of halogens is 3. The number of hydrogen-bond donors (Lipinski definition) is 1. The van der Waals surface area contributed by atoms with E-state index in [2.05, 4.69) is 11.9 Å². The number of aromatic amines is 1. The molecule has 1 aliphatic carbocycles. The van der Waals surface area contributed by atoms with Crippen molar-refractivity contribution in [2.75, 3.05) is 0 Å². The largest absolute Gasteiger partial charge is 0.352 e. The van der Waals surface area contributed by atoms with E-state index in [4.69, 9.17) is 0 Å². The summed E-state index contributed by atoms with van der Waals surface area (Å²) in [5.41, 5.74) is 2.87. The molecule has 0 unspecified atom stereocenters. The van der Waals surface area contributed by atoms with Crippen LogP contribution in [0.3, 0.4) is 0 Å². The molecule has 2 aromatic carbocycles. The molecule has 130 valence electrons. The number of fused-ring (bicyclic) bond motifs is 1. The van der Waals surface area contributed by atoms with Crippen LogP contribution in [-0.2, 0) is 0 Å². The zero-order valence-electron chi connectivity index (χ0n) is 14.1. The monoisotopic (exact) mass is 343 g/mol. The number of nitrogens with one attached hydrogen (secondary N) is 1. The Balaban J connectivity index is 1.93. The first kappa shape index (κ1) is 16.2. The molecular weight excluding hydrogens is 323 g/mol. The van der Waals surface area contributed by atoms with E-state index in [0.717, 1.165) is 48.6 Å². The van der Waals surface area contributed by atoms with Gasteiger partial charge in [0.15, 0.2) is 0 Å². The Bertz CT molecular complexity index is 903. The molecule has 0 saturated heterocycles. The number of H-pyrrole nitrogens is 1. The molecular formula is C21H20F3N. The molecule has 1 heterocycles. The standard InChI is InChI=1S/C21H20F3N/c1-12-2-4-13(5-3-12)19-17-10-16(23)11-18(24)21(17)25-20(19)14-6-8-15(22)9-7-14/h6-13,25H,2-5H2,1H3. The summed E-state index contributed by atoms with van der Waals surface area (Å²) >= 11 is 0. The first-order chi connectivity index (χ1) is 12.0. The fraction of sp³-hybridized carbons (Fsp3) is 0.333. The van der Waals surface area contributed by atoms with Crippen molar-refractivity contribution in [1.29, 1.82) is 0 Å². The molecule has 4 rings (SSSR count).